The molecule has 0 unspecified atom stereocenters. The van der Waals surface area contributed by atoms with E-state index < -0.39 is 0 Å². The van der Waals surface area contributed by atoms with Crippen molar-refractivity contribution in [2.24, 2.45) is 0 Å². The number of nitrogens with one attached hydrogen (secondary N) is 2. The first kappa shape index (κ1) is 17.5. The van der Waals surface area contributed by atoms with E-state index >= 15 is 0 Å². The largest absolute Gasteiger partial charge is 0.378 e. The number of H-pyrrole nitrogens is 1. The first-order valence-corrected chi connectivity index (χ1v) is 8.83. The average Bonchev–Trinajstić information content (AvgIpc) is 3.22. The van der Waals surface area contributed by atoms with Crippen LogP contribution in [0.25, 0.3) is 22.0 Å². The van der Waals surface area contributed by atoms with Gasteiger partial charge in [-0.1, -0.05) is 35.9 Å². The summed E-state index contributed by atoms with van der Waals surface area (Å²) in [6.07, 6.45) is 5.04. The van der Waals surface area contributed by atoms with Gasteiger partial charge in [-0.05, 0) is 17.7 Å². The number of halogens is 1. The quantitative estimate of drug-likeness (QED) is 0.534. The summed E-state index contributed by atoms with van der Waals surface area (Å²) >= 11 is 6.40. The van der Waals surface area contributed by atoms with Crippen LogP contribution < -0.4 is 5.32 Å². The van der Waals surface area contributed by atoms with Crippen molar-refractivity contribution >= 4 is 28.2 Å². The molecule has 0 bridgehead atoms. The number of pyridine rings is 1. The lowest BCUT2D eigenvalue weighted by Gasteiger charge is -2.16. The Kier molecular flexibility index (Phi) is 4.63. The minimum Gasteiger partial charge on any atom is -0.378 e. The van der Waals surface area contributed by atoms with Crippen LogP contribution in [0.3, 0.4) is 0 Å². The minimum atomic E-state index is 0.338. The van der Waals surface area contributed by atoms with Gasteiger partial charge >= 0.3 is 0 Å². The van der Waals surface area contributed by atoms with E-state index in [1.165, 1.54) is 0 Å². The monoisotopic (exact) mass is 384 g/mol. The normalized spacial score (nSPS) is 10.4. The van der Waals surface area contributed by atoms with E-state index in [4.69, 9.17) is 11.6 Å². The van der Waals surface area contributed by atoms with E-state index in [2.05, 4.69) is 32.6 Å². The summed E-state index contributed by atoms with van der Waals surface area (Å²) in [5.41, 5.74) is 3.97. The lowest BCUT2D eigenvalue weighted by Crippen LogP contribution is -2.05. The second-order valence-electron chi connectivity index (χ2n) is 6.08. The molecule has 0 fully saturated rings. The number of nitrogens with zero attached hydrogens (tertiary/aromatic N) is 4. The molecule has 2 aromatic heterocycles. The molecular formula is C21H13ClN6. The third kappa shape index (κ3) is 2.92. The summed E-state index contributed by atoms with van der Waals surface area (Å²) < 4.78 is 0. The number of fused-ring (bicyclic) bond motifs is 1. The van der Waals surface area contributed by atoms with Gasteiger partial charge in [0.15, 0.2) is 0 Å². The summed E-state index contributed by atoms with van der Waals surface area (Å²) in [4.78, 5) is 4.11. The molecule has 2 aromatic carbocycles. The van der Waals surface area contributed by atoms with Gasteiger partial charge in [-0.3, -0.25) is 10.1 Å². The third-order valence-electron chi connectivity index (χ3n) is 4.47. The molecule has 0 amide bonds. The fourth-order valence-corrected chi connectivity index (χ4v) is 3.44. The second-order valence-corrected chi connectivity index (χ2v) is 6.48. The van der Waals surface area contributed by atoms with Crippen LogP contribution in [-0.2, 0) is 6.54 Å². The van der Waals surface area contributed by atoms with Crippen LogP contribution in [0.1, 0.15) is 16.7 Å². The van der Waals surface area contributed by atoms with Crippen molar-refractivity contribution in [3.63, 3.8) is 0 Å². The molecule has 7 heteroatoms. The topological polar surface area (TPSA) is 101 Å². The fraction of sp³-hybridized carbons (Fsp3) is 0.0476. The van der Waals surface area contributed by atoms with Gasteiger partial charge in [0.05, 0.1) is 28.5 Å². The Morgan fingerprint density at radius 3 is 2.57 bits per heavy atom. The van der Waals surface area contributed by atoms with Crippen LogP contribution >= 0.6 is 11.6 Å². The van der Waals surface area contributed by atoms with Crippen LogP contribution in [0, 0.1) is 22.7 Å². The average molecular weight is 385 g/mol. The number of aromatic nitrogens is 3. The van der Waals surface area contributed by atoms with Crippen molar-refractivity contribution in [2.45, 2.75) is 6.54 Å². The molecular weight excluding hydrogens is 372 g/mol. The number of anilines is 1. The van der Waals surface area contributed by atoms with Crippen LogP contribution in [0.15, 0.2) is 55.0 Å². The summed E-state index contributed by atoms with van der Waals surface area (Å²) in [5, 5.41) is 31.2. The van der Waals surface area contributed by atoms with Gasteiger partial charge < -0.3 is 5.32 Å². The Morgan fingerprint density at radius 2 is 1.86 bits per heavy atom. The van der Waals surface area contributed by atoms with E-state index in [1.54, 1.807) is 30.7 Å². The number of nitriles is 2. The highest BCUT2D eigenvalue weighted by Crippen LogP contribution is 2.41. The number of hydrogen-bond acceptors (Lipinski definition) is 5. The van der Waals surface area contributed by atoms with Gasteiger partial charge in [0, 0.05) is 40.5 Å². The molecule has 4 rings (SSSR count). The lowest BCUT2D eigenvalue weighted by atomic mass is 9.91. The SMILES string of the molecule is N#Cc1c(-c2ccccc2Cl)c(C#N)c2cn[nH]c2c1NCc1cccnc1. The van der Waals surface area contributed by atoms with Crippen molar-refractivity contribution in [1.29, 1.82) is 10.5 Å². The van der Waals surface area contributed by atoms with Crippen LogP contribution in [0.5, 0.6) is 0 Å². The van der Waals surface area contributed by atoms with Gasteiger partial charge in [0.2, 0.25) is 0 Å². The number of rotatable bonds is 4. The molecule has 0 atom stereocenters. The summed E-state index contributed by atoms with van der Waals surface area (Å²) in [6.45, 7) is 0.463. The zero-order chi connectivity index (χ0) is 19.5. The third-order valence-corrected chi connectivity index (χ3v) is 4.80. The lowest BCUT2D eigenvalue weighted by molar-refractivity contribution is 1.09. The van der Waals surface area contributed by atoms with Crippen molar-refractivity contribution in [2.75, 3.05) is 5.32 Å². The van der Waals surface area contributed by atoms with E-state index in [1.807, 2.05) is 24.3 Å². The summed E-state index contributed by atoms with van der Waals surface area (Å²) in [7, 11) is 0. The Bertz CT molecular complexity index is 1250. The van der Waals surface area contributed by atoms with Gasteiger partial charge in [-0.25, -0.2) is 0 Å². The highest BCUT2D eigenvalue weighted by atomic mass is 35.5. The van der Waals surface area contributed by atoms with E-state index in [9.17, 15) is 10.5 Å². The minimum absolute atomic E-state index is 0.338. The first-order valence-electron chi connectivity index (χ1n) is 8.45. The van der Waals surface area contributed by atoms with E-state index in [0.29, 0.717) is 50.4 Å². The molecule has 0 spiro atoms. The summed E-state index contributed by atoms with van der Waals surface area (Å²) in [5.74, 6) is 0. The molecule has 0 aliphatic heterocycles. The Morgan fingerprint density at radius 1 is 1.04 bits per heavy atom. The van der Waals surface area contributed by atoms with E-state index in [-0.39, 0.29) is 0 Å². The number of hydrogen-bond donors (Lipinski definition) is 2. The van der Waals surface area contributed by atoms with Crippen LogP contribution in [0.2, 0.25) is 5.02 Å². The highest BCUT2D eigenvalue weighted by Gasteiger charge is 2.23. The fourth-order valence-electron chi connectivity index (χ4n) is 3.21. The smallest absolute Gasteiger partial charge is 0.102 e. The zero-order valence-corrected chi connectivity index (χ0v) is 15.3. The van der Waals surface area contributed by atoms with Crippen molar-refractivity contribution in [3.05, 3.63) is 76.7 Å². The molecule has 4 aromatic rings. The van der Waals surface area contributed by atoms with Gasteiger partial charge in [-0.2, -0.15) is 15.6 Å². The standard InChI is InChI=1S/C21H13ClN6/c22-18-6-2-1-5-14(18)19-15(8-23)17-12-27-28-21(17)20(16(19)9-24)26-11-13-4-3-7-25-10-13/h1-7,10,12,26H,11H2,(H,27,28). The number of benzene rings is 2. The Hall–Kier alpha value is -3.87. The van der Waals surface area contributed by atoms with Gasteiger partial charge in [-0.15, -0.1) is 0 Å². The van der Waals surface area contributed by atoms with Crippen molar-refractivity contribution in [1.82, 2.24) is 15.2 Å². The van der Waals surface area contributed by atoms with Crippen molar-refractivity contribution in [3.8, 4) is 23.3 Å². The first-order chi connectivity index (χ1) is 13.7. The maximum absolute atomic E-state index is 9.98. The molecule has 0 saturated heterocycles. The zero-order valence-electron chi connectivity index (χ0n) is 14.6. The number of aromatic amines is 1. The molecule has 0 saturated carbocycles. The molecule has 0 aliphatic carbocycles. The molecule has 28 heavy (non-hydrogen) atoms. The molecule has 2 N–H and O–H groups in total. The maximum atomic E-state index is 9.98. The maximum Gasteiger partial charge on any atom is 0.102 e. The van der Waals surface area contributed by atoms with Gasteiger partial charge in [0.1, 0.15) is 12.1 Å². The molecule has 2 heterocycles. The second kappa shape index (κ2) is 7.40. The van der Waals surface area contributed by atoms with Crippen LogP contribution in [0.4, 0.5) is 5.69 Å². The Labute approximate surface area is 166 Å². The summed E-state index contributed by atoms with van der Waals surface area (Å²) in [6, 6.07) is 15.4. The van der Waals surface area contributed by atoms with Crippen molar-refractivity contribution < 1.29 is 0 Å². The highest BCUT2D eigenvalue weighted by molar-refractivity contribution is 6.33. The van der Waals surface area contributed by atoms with Crippen LogP contribution in [-0.4, -0.2) is 15.2 Å². The van der Waals surface area contributed by atoms with E-state index in [0.717, 1.165) is 5.56 Å². The molecule has 0 radical (unpaired) electrons. The van der Waals surface area contributed by atoms with Gasteiger partial charge in [0.25, 0.3) is 0 Å². The predicted molar refractivity (Wildman–Crippen MR) is 108 cm³/mol. The Balaban J connectivity index is 1.97. The predicted octanol–water partition coefficient (Wildman–Crippen LogP) is 4.63. The molecule has 134 valence electrons. The molecule has 6 nitrogen and oxygen atoms in total. The molecule has 0 aliphatic rings.